The Bertz CT molecular complexity index is 341. The van der Waals surface area contributed by atoms with Crippen molar-refractivity contribution in [3.63, 3.8) is 0 Å². The lowest BCUT2D eigenvalue weighted by Crippen LogP contribution is -2.32. The molecule has 0 saturated carbocycles. The molecule has 0 aliphatic carbocycles. The molecule has 1 aromatic rings. The molecule has 0 atom stereocenters. The highest BCUT2D eigenvalue weighted by Gasteiger charge is 2.18. The number of rotatable bonds is 4. The van der Waals surface area contributed by atoms with Gasteiger partial charge in [-0.1, -0.05) is 0 Å². The van der Waals surface area contributed by atoms with E-state index in [0.717, 1.165) is 5.56 Å². The molecule has 0 fully saturated rings. The molecule has 4 nitrogen and oxygen atoms in total. The van der Waals surface area contributed by atoms with Gasteiger partial charge >= 0.3 is 0 Å². The normalized spacial score (nSPS) is 11.5. The zero-order valence-electron chi connectivity index (χ0n) is 9.21. The van der Waals surface area contributed by atoms with Gasteiger partial charge in [0.05, 0.1) is 0 Å². The number of halogens is 1. The molecule has 5 heteroatoms. The number of nitrogens with zero attached hydrogens (tertiary/aromatic N) is 2. The number of aromatic nitrogens is 2. The first kappa shape index (κ1) is 12.2. The summed E-state index contributed by atoms with van der Waals surface area (Å²) in [5.41, 5.74) is 0.724. The fourth-order valence-electron chi connectivity index (χ4n) is 1.21. The van der Waals surface area contributed by atoms with Crippen molar-refractivity contribution < 1.29 is 5.11 Å². The minimum Gasteiger partial charge on any atom is -0.396 e. The van der Waals surface area contributed by atoms with E-state index in [-0.39, 0.29) is 17.4 Å². The van der Waals surface area contributed by atoms with Crippen molar-refractivity contribution in [3.05, 3.63) is 17.0 Å². The fourth-order valence-corrected chi connectivity index (χ4v) is 1.34. The third-order valence-electron chi connectivity index (χ3n) is 2.14. The lowest BCUT2D eigenvalue weighted by molar-refractivity contribution is 0.260. The van der Waals surface area contributed by atoms with Gasteiger partial charge in [0.15, 0.2) is 0 Å². The molecule has 0 aliphatic heterocycles. The number of aliphatic hydroxyl groups excluding tert-OH is 1. The molecule has 1 rings (SSSR count). The smallest absolute Gasteiger partial charge is 0.224 e. The molecule has 0 unspecified atom stereocenters. The molecular formula is C10H16ClN3O. The maximum Gasteiger partial charge on any atom is 0.224 e. The van der Waals surface area contributed by atoms with Gasteiger partial charge in [-0.3, -0.25) is 0 Å². The van der Waals surface area contributed by atoms with Crippen molar-refractivity contribution in [2.24, 2.45) is 0 Å². The summed E-state index contributed by atoms with van der Waals surface area (Å²) >= 11 is 5.71. The van der Waals surface area contributed by atoms with E-state index in [2.05, 4.69) is 15.3 Å². The second kappa shape index (κ2) is 4.77. The summed E-state index contributed by atoms with van der Waals surface area (Å²) in [5.74, 6) is 0.716. The molecule has 0 bridgehead atoms. The van der Waals surface area contributed by atoms with Crippen molar-refractivity contribution in [2.45, 2.75) is 32.7 Å². The number of hydrogen-bond donors (Lipinski definition) is 2. The van der Waals surface area contributed by atoms with Crippen LogP contribution in [0.2, 0.25) is 5.28 Å². The average molecular weight is 230 g/mol. The van der Waals surface area contributed by atoms with Crippen LogP contribution in [0.1, 0.15) is 25.8 Å². The number of anilines is 1. The van der Waals surface area contributed by atoms with E-state index in [1.165, 1.54) is 0 Å². The quantitative estimate of drug-likeness (QED) is 0.776. The Morgan fingerprint density at radius 3 is 2.80 bits per heavy atom. The van der Waals surface area contributed by atoms with Gasteiger partial charge in [-0.2, -0.15) is 0 Å². The van der Waals surface area contributed by atoms with E-state index in [1.54, 1.807) is 6.20 Å². The average Bonchev–Trinajstić information content (AvgIpc) is 2.10. The largest absolute Gasteiger partial charge is 0.396 e. The minimum atomic E-state index is -0.211. The van der Waals surface area contributed by atoms with Gasteiger partial charge in [-0.15, -0.1) is 0 Å². The van der Waals surface area contributed by atoms with E-state index in [1.807, 2.05) is 20.8 Å². The van der Waals surface area contributed by atoms with E-state index < -0.39 is 0 Å². The molecule has 2 N–H and O–H groups in total. The summed E-state index contributed by atoms with van der Waals surface area (Å²) in [4.78, 5) is 7.98. The highest BCUT2D eigenvalue weighted by Crippen LogP contribution is 2.19. The Morgan fingerprint density at radius 2 is 2.20 bits per heavy atom. The second-order valence-electron chi connectivity index (χ2n) is 4.15. The van der Waals surface area contributed by atoms with Crippen molar-refractivity contribution in [3.8, 4) is 0 Å². The number of aryl methyl sites for hydroxylation is 1. The molecule has 1 aromatic heterocycles. The van der Waals surface area contributed by atoms with Crippen LogP contribution in [0, 0.1) is 6.92 Å². The standard InChI is InChI=1S/C10H16ClN3O/c1-7-6-12-9(11)13-8(7)14-10(2,3)4-5-15/h6,15H,4-5H2,1-3H3,(H,12,13,14). The van der Waals surface area contributed by atoms with Gasteiger partial charge in [-0.05, 0) is 38.8 Å². The monoisotopic (exact) mass is 229 g/mol. The van der Waals surface area contributed by atoms with Crippen LogP contribution in [0.15, 0.2) is 6.20 Å². The summed E-state index contributed by atoms with van der Waals surface area (Å²) in [5, 5.41) is 12.4. The predicted octanol–water partition coefficient (Wildman–Crippen LogP) is 2.01. The second-order valence-corrected chi connectivity index (χ2v) is 4.49. The maximum atomic E-state index is 8.90. The lowest BCUT2D eigenvalue weighted by Gasteiger charge is -2.26. The topological polar surface area (TPSA) is 58.0 Å². The molecule has 0 saturated heterocycles. The fraction of sp³-hybridized carbons (Fsp3) is 0.600. The Morgan fingerprint density at radius 1 is 1.53 bits per heavy atom. The Hall–Kier alpha value is -0.870. The van der Waals surface area contributed by atoms with E-state index in [4.69, 9.17) is 16.7 Å². The van der Waals surface area contributed by atoms with E-state index >= 15 is 0 Å². The van der Waals surface area contributed by atoms with E-state index in [0.29, 0.717) is 12.2 Å². The lowest BCUT2D eigenvalue weighted by atomic mass is 10.0. The number of aliphatic hydroxyl groups is 1. The molecule has 0 spiro atoms. The maximum absolute atomic E-state index is 8.90. The van der Waals surface area contributed by atoms with Crippen LogP contribution < -0.4 is 5.32 Å². The molecule has 15 heavy (non-hydrogen) atoms. The SMILES string of the molecule is Cc1cnc(Cl)nc1NC(C)(C)CCO. The molecule has 0 amide bonds. The van der Waals surface area contributed by atoms with Crippen LogP contribution in [0.4, 0.5) is 5.82 Å². The third-order valence-corrected chi connectivity index (χ3v) is 2.32. The molecule has 0 aromatic carbocycles. The van der Waals surface area contributed by atoms with Crippen molar-refractivity contribution in [1.82, 2.24) is 9.97 Å². The van der Waals surface area contributed by atoms with Gasteiger partial charge in [0.25, 0.3) is 0 Å². The van der Waals surface area contributed by atoms with Gasteiger partial charge in [0.1, 0.15) is 5.82 Å². The predicted molar refractivity (Wildman–Crippen MR) is 61.2 cm³/mol. The molecule has 84 valence electrons. The minimum absolute atomic E-state index is 0.137. The van der Waals surface area contributed by atoms with Crippen LogP contribution in [0.3, 0.4) is 0 Å². The molecule has 0 aliphatic rings. The highest BCUT2D eigenvalue weighted by atomic mass is 35.5. The molecular weight excluding hydrogens is 214 g/mol. The van der Waals surface area contributed by atoms with Gasteiger partial charge < -0.3 is 10.4 Å². The zero-order chi connectivity index (χ0) is 11.5. The highest BCUT2D eigenvalue weighted by molar-refractivity contribution is 6.28. The number of hydrogen-bond acceptors (Lipinski definition) is 4. The van der Waals surface area contributed by atoms with Crippen molar-refractivity contribution >= 4 is 17.4 Å². The first-order valence-electron chi connectivity index (χ1n) is 4.83. The van der Waals surface area contributed by atoms with Crippen LogP contribution >= 0.6 is 11.6 Å². The first-order chi connectivity index (χ1) is 6.94. The molecule has 1 heterocycles. The summed E-state index contributed by atoms with van der Waals surface area (Å²) < 4.78 is 0. The van der Waals surface area contributed by atoms with E-state index in [9.17, 15) is 0 Å². The van der Waals surface area contributed by atoms with Gasteiger partial charge in [0.2, 0.25) is 5.28 Å². The number of nitrogens with one attached hydrogen (secondary N) is 1. The zero-order valence-corrected chi connectivity index (χ0v) is 9.97. The molecule has 0 radical (unpaired) electrons. The van der Waals surface area contributed by atoms with Gasteiger partial charge in [-0.25, -0.2) is 9.97 Å². The Balaban J connectivity index is 2.83. The van der Waals surface area contributed by atoms with Gasteiger partial charge in [0, 0.05) is 23.9 Å². The first-order valence-corrected chi connectivity index (χ1v) is 5.20. The van der Waals surface area contributed by atoms with Crippen LogP contribution in [-0.4, -0.2) is 27.2 Å². The van der Waals surface area contributed by atoms with Crippen LogP contribution in [0.25, 0.3) is 0 Å². The van der Waals surface area contributed by atoms with Crippen LogP contribution in [0.5, 0.6) is 0 Å². The Labute approximate surface area is 94.7 Å². The van der Waals surface area contributed by atoms with Crippen molar-refractivity contribution in [1.29, 1.82) is 0 Å². The summed E-state index contributed by atoms with van der Waals surface area (Å²) in [7, 11) is 0. The van der Waals surface area contributed by atoms with Crippen molar-refractivity contribution in [2.75, 3.05) is 11.9 Å². The summed E-state index contributed by atoms with van der Waals surface area (Å²) in [6.45, 7) is 6.04. The third kappa shape index (κ3) is 3.64. The van der Waals surface area contributed by atoms with Crippen LogP contribution in [-0.2, 0) is 0 Å². The summed E-state index contributed by atoms with van der Waals surface area (Å²) in [6.07, 6.45) is 2.32. The summed E-state index contributed by atoms with van der Waals surface area (Å²) in [6, 6.07) is 0. The Kier molecular flexibility index (Phi) is 3.88.